The molecule has 0 radical (unpaired) electrons. The molecule has 0 aliphatic carbocycles. The van der Waals surface area contributed by atoms with Crippen LogP contribution in [0.2, 0.25) is 0 Å². The predicted molar refractivity (Wildman–Crippen MR) is 123 cm³/mol. The average Bonchev–Trinajstić information content (AvgIpc) is 2.86. The van der Waals surface area contributed by atoms with E-state index in [1.807, 2.05) is 54.4 Å². The molecule has 32 heavy (non-hydrogen) atoms. The highest BCUT2D eigenvalue weighted by atomic mass is 16.5. The SMILES string of the molecule is CCN1CCN(C(=O)c2cccc(OC)c2)[C@@H](Cc2ccc(-c3cccnc3)cc2)C1=O. The van der Waals surface area contributed by atoms with Gasteiger partial charge < -0.3 is 14.5 Å². The third-order valence-electron chi connectivity index (χ3n) is 5.92. The topological polar surface area (TPSA) is 62.7 Å². The van der Waals surface area contributed by atoms with Crippen LogP contribution in [0, 0.1) is 0 Å². The Hall–Kier alpha value is -3.67. The van der Waals surface area contributed by atoms with Gasteiger partial charge in [0.05, 0.1) is 7.11 Å². The van der Waals surface area contributed by atoms with Crippen molar-refractivity contribution >= 4 is 11.8 Å². The summed E-state index contributed by atoms with van der Waals surface area (Å²) in [5, 5.41) is 0. The Morgan fingerprint density at radius 3 is 2.56 bits per heavy atom. The lowest BCUT2D eigenvalue weighted by molar-refractivity contribution is -0.139. The highest BCUT2D eigenvalue weighted by Crippen LogP contribution is 2.23. The number of methoxy groups -OCH3 is 1. The van der Waals surface area contributed by atoms with Crippen molar-refractivity contribution in [2.45, 2.75) is 19.4 Å². The molecule has 2 heterocycles. The predicted octanol–water partition coefficient (Wildman–Crippen LogP) is 3.67. The Balaban J connectivity index is 1.58. The highest BCUT2D eigenvalue weighted by molar-refractivity contribution is 5.98. The van der Waals surface area contributed by atoms with Crippen LogP contribution in [-0.2, 0) is 11.2 Å². The summed E-state index contributed by atoms with van der Waals surface area (Å²) >= 11 is 0. The minimum absolute atomic E-state index is 0.00803. The van der Waals surface area contributed by atoms with Gasteiger partial charge in [-0.05, 0) is 47.9 Å². The zero-order chi connectivity index (χ0) is 22.5. The van der Waals surface area contributed by atoms with Crippen LogP contribution in [0.1, 0.15) is 22.8 Å². The van der Waals surface area contributed by atoms with Gasteiger partial charge in [0.1, 0.15) is 11.8 Å². The number of aromatic nitrogens is 1. The molecule has 6 nitrogen and oxygen atoms in total. The van der Waals surface area contributed by atoms with Crippen LogP contribution in [0.5, 0.6) is 5.75 Å². The Kier molecular flexibility index (Phi) is 6.50. The van der Waals surface area contributed by atoms with Gasteiger partial charge >= 0.3 is 0 Å². The van der Waals surface area contributed by atoms with Gasteiger partial charge in [-0.25, -0.2) is 0 Å². The van der Waals surface area contributed by atoms with Crippen molar-refractivity contribution in [3.63, 3.8) is 0 Å². The number of likely N-dealkylation sites (N-methyl/N-ethyl adjacent to an activating group) is 1. The maximum atomic E-state index is 13.3. The molecule has 4 rings (SSSR count). The Morgan fingerprint density at radius 1 is 1.06 bits per heavy atom. The van der Waals surface area contributed by atoms with Crippen LogP contribution in [0.15, 0.2) is 73.1 Å². The average molecular weight is 430 g/mol. The maximum Gasteiger partial charge on any atom is 0.254 e. The number of piperazine rings is 1. The van der Waals surface area contributed by atoms with Crippen molar-refractivity contribution in [2.24, 2.45) is 0 Å². The summed E-state index contributed by atoms with van der Waals surface area (Å²) in [5.74, 6) is 0.466. The van der Waals surface area contributed by atoms with Crippen molar-refractivity contribution < 1.29 is 14.3 Å². The van der Waals surface area contributed by atoms with E-state index >= 15 is 0 Å². The molecule has 1 atom stereocenters. The first-order chi connectivity index (χ1) is 15.6. The van der Waals surface area contributed by atoms with Gasteiger partial charge in [0.25, 0.3) is 5.91 Å². The number of nitrogens with zero attached hydrogens (tertiary/aromatic N) is 3. The van der Waals surface area contributed by atoms with Gasteiger partial charge in [-0.3, -0.25) is 14.6 Å². The van der Waals surface area contributed by atoms with Crippen LogP contribution in [0.4, 0.5) is 0 Å². The quantitative estimate of drug-likeness (QED) is 0.600. The van der Waals surface area contributed by atoms with Crippen molar-refractivity contribution in [3.8, 4) is 16.9 Å². The molecule has 1 aliphatic rings. The lowest BCUT2D eigenvalue weighted by Crippen LogP contribution is -2.59. The third-order valence-corrected chi connectivity index (χ3v) is 5.92. The Morgan fingerprint density at radius 2 is 1.88 bits per heavy atom. The zero-order valence-corrected chi connectivity index (χ0v) is 18.4. The van der Waals surface area contributed by atoms with Crippen molar-refractivity contribution in [1.82, 2.24) is 14.8 Å². The summed E-state index contributed by atoms with van der Waals surface area (Å²) in [4.78, 5) is 34.3. The minimum atomic E-state index is -0.536. The highest BCUT2D eigenvalue weighted by Gasteiger charge is 2.37. The first-order valence-electron chi connectivity index (χ1n) is 10.8. The molecule has 0 spiro atoms. The van der Waals surface area contributed by atoms with Crippen LogP contribution >= 0.6 is 0 Å². The number of pyridine rings is 1. The van der Waals surface area contributed by atoms with Crippen molar-refractivity contribution in [1.29, 1.82) is 0 Å². The Labute approximate surface area is 188 Å². The maximum absolute atomic E-state index is 13.3. The van der Waals surface area contributed by atoms with Crippen molar-refractivity contribution in [2.75, 3.05) is 26.7 Å². The summed E-state index contributed by atoms with van der Waals surface area (Å²) in [6, 6.07) is 18.6. The second kappa shape index (κ2) is 9.64. The molecule has 0 saturated carbocycles. The lowest BCUT2D eigenvalue weighted by Gasteiger charge is -2.40. The summed E-state index contributed by atoms with van der Waals surface area (Å²) in [5.41, 5.74) is 3.65. The summed E-state index contributed by atoms with van der Waals surface area (Å²) in [6.07, 6.45) is 4.05. The molecule has 1 aliphatic heterocycles. The van der Waals surface area contributed by atoms with Gasteiger partial charge in [0.15, 0.2) is 0 Å². The molecule has 1 aromatic heterocycles. The number of hydrogen-bond acceptors (Lipinski definition) is 4. The Bertz CT molecular complexity index is 1080. The molecule has 2 aromatic carbocycles. The molecule has 2 amide bonds. The number of carbonyl (C=O) groups excluding carboxylic acids is 2. The monoisotopic (exact) mass is 429 g/mol. The normalized spacial score (nSPS) is 16.2. The molecule has 3 aromatic rings. The van der Waals surface area contributed by atoms with E-state index in [-0.39, 0.29) is 11.8 Å². The second-order valence-electron chi connectivity index (χ2n) is 7.81. The van der Waals surface area contributed by atoms with E-state index in [0.29, 0.717) is 37.4 Å². The molecule has 0 bridgehead atoms. The van der Waals surface area contributed by atoms with E-state index < -0.39 is 6.04 Å². The molecule has 164 valence electrons. The zero-order valence-electron chi connectivity index (χ0n) is 18.4. The molecular weight excluding hydrogens is 402 g/mol. The summed E-state index contributed by atoms with van der Waals surface area (Å²) < 4.78 is 5.27. The number of ether oxygens (including phenoxy) is 1. The fourth-order valence-electron chi connectivity index (χ4n) is 4.11. The van der Waals surface area contributed by atoms with E-state index in [4.69, 9.17) is 4.74 Å². The number of amides is 2. The van der Waals surface area contributed by atoms with Gasteiger partial charge in [-0.2, -0.15) is 0 Å². The fraction of sp³-hybridized carbons (Fsp3) is 0.269. The van der Waals surface area contributed by atoms with Crippen LogP contribution < -0.4 is 4.74 Å². The van der Waals surface area contributed by atoms with Gasteiger partial charge in [-0.15, -0.1) is 0 Å². The largest absolute Gasteiger partial charge is 0.497 e. The van der Waals surface area contributed by atoms with Gasteiger partial charge in [-0.1, -0.05) is 36.4 Å². The van der Waals surface area contributed by atoms with E-state index in [2.05, 4.69) is 4.98 Å². The molecule has 0 N–H and O–H groups in total. The molecule has 1 fully saturated rings. The van der Waals surface area contributed by atoms with Crippen molar-refractivity contribution in [3.05, 3.63) is 84.2 Å². The first-order valence-corrected chi connectivity index (χ1v) is 10.8. The second-order valence-corrected chi connectivity index (χ2v) is 7.81. The summed E-state index contributed by atoms with van der Waals surface area (Å²) in [7, 11) is 1.57. The van der Waals surface area contributed by atoms with E-state index in [0.717, 1.165) is 16.7 Å². The van der Waals surface area contributed by atoms with Crippen LogP contribution in [-0.4, -0.2) is 59.4 Å². The van der Waals surface area contributed by atoms with Crippen LogP contribution in [0.25, 0.3) is 11.1 Å². The molecule has 1 saturated heterocycles. The minimum Gasteiger partial charge on any atom is -0.497 e. The standard InChI is InChI=1S/C26H27N3O3/c1-3-28-14-15-29(25(30)21-6-4-8-23(17-21)32-2)24(26(28)31)16-19-9-11-20(12-10-19)22-7-5-13-27-18-22/h4-13,17-18,24H,3,14-16H2,1-2H3/t24-/m0/s1. The van der Waals surface area contributed by atoms with Gasteiger partial charge in [0, 0.05) is 44.0 Å². The molecular formula is C26H27N3O3. The smallest absolute Gasteiger partial charge is 0.254 e. The van der Waals surface area contributed by atoms with Crippen LogP contribution in [0.3, 0.4) is 0 Å². The number of carbonyl (C=O) groups is 2. The summed E-state index contributed by atoms with van der Waals surface area (Å²) in [6.45, 7) is 3.66. The molecule has 0 unspecified atom stereocenters. The third kappa shape index (κ3) is 4.49. The van der Waals surface area contributed by atoms with E-state index in [1.54, 1.807) is 42.5 Å². The van der Waals surface area contributed by atoms with E-state index in [9.17, 15) is 9.59 Å². The van der Waals surface area contributed by atoms with Gasteiger partial charge in [0.2, 0.25) is 5.91 Å². The number of rotatable bonds is 6. The lowest BCUT2D eigenvalue weighted by atomic mass is 9.98. The first kappa shape index (κ1) is 21.6. The molecule has 6 heteroatoms. The fourth-order valence-corrected chi connectivity index (χ4v) is 4.11. The number of hydrogen-bond donors (Lipinski definition) is 0. The number of benzene rings is 2. The van der Waals surface area contributed by atoms with E-state index in [1.165, 1.54) is 0 Å².